The number of ether oxygens (including phenoxy) is 1. The average molecular weight is 305 g/mol. The number of carbonyl (C=O) groups excluding carboxylic acids is 2. The van der Waals surface area contributed by atoms with Crippen LogP contribution >= 0.6 is 11.6 Å². The fourth-order valence-electron chi connectivity index (χ4n) is 1.61. The lowest BCUT2D eigenvalue weighted by atomic mass is 10.2. The first-order chi connectivity index (χ1) is 10.1. The first kappa shape index (κ1) is 14.9. The van der Waals surface area contributed by atoms with Crippen molar-refractivity contribution in [1.82, 2.24) is 0 Å². The summed E-state index contributed by atoms with van der Waals surface area (Å²) in [5.41, 5.74) is 0.288. The van der Waals surface area contributed by atoms with Gasteiger partial charge in [0.05, 0.1) is 5.56 Å². The molecule has 0 bridgehead atoms. The Kier molecular flexibility index (Phi) is 4.85. The number of halogens is 2. The third kappa shape index (κ3) is 3.77. The van der Waals surface area contributed by atoms with Crippen LogP contribution in [0.4, 0.5) is 4.39 Å². The molecule has 0 spiro atoms. The molecule has 2 aromatic rings. The molecule has 0 saturated heterocycles. The Labute approximate surface area is 125 Å². The highest BCUT2D eigenvalue weighted by atomic mass is 35.5. The summed E-state index contributed by atoms with van der Waals surface area (Å²) < 4.78 is 19.0. The molecule has 0 radical (unpaired) electrons. The van der Waals surface area contributed by atoms with Gasteiger partial charge in [-0.2, -0.15) is 0 Å². The quantitative estimate of drug-likeness (QED) is 0.372. The molecule has 0 aliphatic carbocycles. The highest BCUT2D eigenvalue weighted by Gasteiger charge is 2.21. The van der Waals surface area contributed by atoms with Gasteiger partial charge in [-0.1, -0.05) is 48.5 Å². The molecular formula is C16H10ClFO3. The van der Waals surface area contributed by atoms with Crippen molar-refractivity contribution in [3.8, 4) is 0 Å². The van der Waals surface area contributed by atoms with Gasteiger partial charge in [0.2, 0.25) is 5.76 Å². The summed E-state index contributed by atoms with van der Waals surface area (Å²) in [6, 6.07) is 15.7. The maximum Gasteiger partial charge on any atom is 0.343 e. The Hall–Kier alpha value is -2.46. The van der Waals surface area contributed by atoms with Crippen LogP contribution in [0.1, 0.15) is 15.9 Å². The summed E-state index contributed by atoms with van der Waals surface area (Å²) in [6.07, 6.45) is 0. The van der Waals surface area contributed by atoms with Gasteiger partial charge in [0.25, 0.3) is 5.24 Å². The topological polar surface area (TPSA) is 43.4 Å². The van der Waals surface area contributed by atoms with Gasteiger partial charge < -0.3 is 4.74 Å². The van der Waals surface area contributed by atoms with E-state index in [1.54, 1.807) is 36.4 Å². The summed E-state index contributed by atoms with van der Waals surface area (Å²) in [4.78, 5) is 23.2. The summed E-state index contributed by atoms with van der Waals surface area (Å²) in [6.45, 7) is 0. The summed E-state index contributed by atoms with van der Waals surface area (Å²) >= 11 is 5.31. The monoisotopic (exact) mass is 304 g/mol. The van der Waals surface area contributed by atoms with Crippen molar-refractivity contribution in [3.63, 3.8) is 0 Å². The largest absolute Gasteiger partial charge is 0.414 e. The first-order valence-corrected chi connectivity index (χ1v) is 6.39. The fraction of sp³-hybridized carbons (Fsp3) is 0. The molecule has 3 nitrogen and oxygen atoms in total. The highest BCUT2D eigenvalue weighted by molar-refractivity contribution is 6.68. The van der Waals surface area contributed by atoms with Crippen LogP contribution in [-0.4, -0.2) is 11.2 Å². The number of rotatable bonds is 4. The summed E-state index contributed by atoms with van der Waals surface area (Å²) in [7, 11) is 0. The number of hydrogen-bond acceptors (Lipinski definition) is 3. The number of hydrogen-bond donors (Lipinski definition) is 0. The maximum absolute atomic E-state index is 14.2. The molecule has 0 amide bonds. The van der Waals surface area contributed by atoms with Crippen LogP contribution in [0.15, 0.2) is 66.4 Å². The molecule has 0 aromatic heterocycles. The van der Waals surface area contributed by atoms with E-state index in [-0.39, 0.29) is 11.1 Å². The second-order valence-corrected chi connectivity index (χ2v) is 4.38. The Bertz CT molecular complexity index is 681. The van der Waals surface area contributed by atoms with Crippen LogP contribution in [0.2, 0.25) is 0 Å². The molecule has 5 heteroatoms. The van der Waals surface area contributed by atoms with Crippen molar-refractivity contribution < 1.29 is 18.7 Å². The van der Waals surface area contributed by atoms with Gasteiger partial charge in [0.15, 0.2) is 5.83 Å². The van der Waals surface area contributed by atoms with Gasteiger partial charge in [-0.3, -0.25) is 4.79 Å². The Balaban J connectivity index is 2.33. The highest BCUT2D eigenvalue weighted by Crippen LogP contribution is 2.23. The molecule has 2 aromatic carbocycles. The zero-order chi connectivity index (χ0) is 15.2. The van der Waals surface area contributed by atoms with Gasteiger partial charge >= 0.3 is 5.97 Å². The van der Waals surface area contributed by atoms with E-state index in [0.29, 0.717) is 0 Å². The van der Waals surface area contributed by atoms with Gasteiger partial charge in [-0.05, 0) is 23.7 Å². The minimum absolute atomic E-state index is 0.0994. The Morgan fingerprint density at radius 1 is 0.857 bits per heavy atom. The third-order valence-electron chi connectivity index (χ3n) is 2.61. The van der Waals surface area contributed by atoms with Gasteiger partial charge in [0.1, 0.15) is 0 Å². The molecule has 0 saturated carbocycles. The Morgan fingerprint density at radius 2 is 1.33 bits per heavy atom. The summed E-state index contributed by atoms with van der Waals surface area (Å²) in [5, 5.41) is -1.18. The second-order valence-electron chi connectivity index (χ2n) is 4.04. The normalized spacial score (nSPS) is 11.5. The van der Waals surface area contributed by atoms with E-state index < -0.39 is 22.8 Å². The lowest BCUT2D eigenvalue weighted by Gasteiger charge is -2.07. The van der Waals surface area contributed by atoms with Gasteiger partial charge in [0, 0.05) is 5.56 Å². The number of esters is 1. The smallest absolute Gasteiger partial charge is 0.343 e. The van der Waals surface area contributed by atoms with Crippen LogP contribution in [0.5, 0.6) is 0 Å². The van der Waals surface area contributed by atoms with Crippen molar-refractivity contribution in [3.05, 3.63) is 77.5 Å². The lowest BCUT2D eigenvalue weighted by molar-refractivity contribution is -0.111. The van der Waals surface area contributed by atoms with E-state index in [0.717, 1.165) is 0 Å². The van der Waals surface area contributed by atoms with Crippen molar-refractivity contribution in [1.29, 1.82) is 0 Å². The maximum atomic E-state index is 14.2. The molecule has 21 heavy (non-hydrogen) atoms. The predicted octanol–water partition coefficient (Wildman–Crippen LogP) is 3.95. The Morgan fingerprint density at radius 3 is 1.81 bits per heavy atom. The molecule has 0 unspecified atom stereocenters. The molecular weight excluding hydrogens is 295 g/mol. The summed E-state index contributed by atoms with van der Waals surface area (Å²) in [5.74, 6) is -2.66. The van der Waals surface area contributed by atoms with E-state index in [9.17, 15) is 14.0 Å². The number of allylic oxidation sites excluding steroid dienone is 1. The van der Waals surface area contributed by atoms with E-state index in [4.69, 9.17) is 16.3 Å². The van der Waals surface area contributed by atoms with E-state index >= 15 is 0 Å². The van der Waals surface area contributed by atoms with Crippen LogP contribution in [0.3, 0.4) is 0 Å². The first-order valence-electron chi connectivity index (χ1n) is 6.02. The van der Waals surface area contributed by atoms with Crippen molar-refractivity contribution in [2.45, 2.75) is 0 Å². The van der Waals surface area contributed by atoms with Crippen LogP contribution in [-0.2, 0) is 9.53 Å². The molecule has 0 N–H and O–H groups in total. The minimum Gasteiger partial charge on any atom is -0.414 e. The van der Waals surface area contributed by atoms with E-state index in [1.807, 2.05) is 0 Å². The van der Waals surface area contributed by atoms with E-state index in [1.165, 1.54) is 24.3 Å². The van der Waals surface area contributed by atoms with E-state index in [2.05, 4.69) is 0 Å². The molecule has 0 fully saturated rings. The fourth-order valence-corrected chi connectivity index (χ4v) is 1.73. The van der Waals surface area contributed by atoms with Crippen LogP contribution in [0, 0.1) is 0 Å². The molecule has 106 valence electrons. The lowest BCUT2D eigenvalue weighted by Crippen LogP contribution is -2.10. The van der Waals surface area contributed by atoms with Crippen LogP contribution < -0.4 is 0 Å². The zero-order valence-corrected chi connectivity index (χ0v) is 11.5. The molecule has 2 rings (SSSR count). The second kappa shape index (κ2) is 6.81. The molecule has 0 aliphatic rings. The SMILES string of the molecule is O=C(Cl)C(OC(=O)c1ccccc1)=C(F)c1ccccc1. The standard InChI is InChI=1S/C16H10ClFO3/c17-15(19)14(13(18)11-7-3-1-4-8-11)21-16(20)12-9-5-2-6-10-12/h1-10H. The third-order valence-corrected chi connectivity index (χ3v) is 2.78. The number of carbonyl (C=O) groups is 2. The predicted molar refractivity (Wildman–Crippen MR) is 77.2 cm³/mol. The molecule has 0 heterocycles. The average Bonchev–Trinajstić information content (AvgIpc) is 2.53. The van der Waals surface area contributed by atoms with Crippen LogP contribution in [0.25, 0.3) is 5.83 Å². The van der Waals surface area contributed by atoms with Crippen molar-refractivity contribution in [2.75, 3.05) is 0 Å². The zero-order valence-electron chi connectivity index (χ0n) is 10.8. The van der Waals surface area contributed by atoms with Gasteiger partial charge in [-0.25, -0.2) is 9.18 Å². The molecule has 0 aliphatic heterocycles. The molecule has 0 atom stereocenters. The van der Waals surface area contributed by atoms with Gasteiger partial charge in [-0.15, -0.1) is 0 Å². The van der Waals surface area contributed by atoms with Crippen molar-refractivity contribution in [2.24, 2.45) is 0 Å². The van der Waals surface area contributed by atoms with Crippen molar-refractivity contribution >= 4 is 28.6 Å². The number of benzene rings is 2. The minimum atomic E-state index is -1.18.